The van der Waals surface area contributed by atoms with Gasteiger partial charge in [0.25, 0.3) is 5.69 Å². The molecule has 0 fully saturated rings. The molecule has 0 atom stereocenters. The first-order valence-electron chi connectivity index (χ1n) is 6.44. The Bertz CT molecular complexity index is 614. The van der Waals surface area contributed by atoms with E-state index >= 15 is 0 Å². The molecule has 0 amide bonds. The molecule has 0 unspecified atom stereocenters. The predicted octanol–water partition coefficient (Wildman–Crippen LogP) is 4.57. The molecule has 0 radical (unpaired) electrons. The van der Waals surface area contributed by atoms with Gasteiger partial charge in [-0.15, -0.1) is 11.3 Å². The van der Waals surface area contributed by atoms with E-state index in [1.165, 1.54) is 15.8 Å². The third-order valence-corrected chi connectivity index (χ3v) is 4.44. The van der Waals surface area contributed by atoms with Gasteiger partial charge in [-0.1, -0.05) is 26.8 Å². The summed E-state index contributed by atoms with van der Waals surface area (Å²) >= 11 is 1.77. The van der Waals surface area contributed by atoms with Crippen molar-refractivity contribution in [3.05, 3.63) is 56.3 Å². The molecule has 1 heterocycles. The lowest BCUT2D eigenvalue weighted by molar-refractivity contribution is -0.384. The molecular weight excluding hydrogens is 272 g/mol. The summed E-state index contributed by atoms with van der Waals surface area (Å²) in [5, 5.41) is 13.9. The molecule has 0 aliphatic heterocycles. The Morgan fingerprint density at radius 3 is 2.60 bits per heavy atom. The molecule has 1 aromatic carbocycles. The fraction of sp³-hybridized carbons (Fsp3) is 0.333. The Morgan fingerprint density at radius 1 is 1.25 bits per heavy atom. The van der Waals surface area contributed by atoms with Crippen LogP contribution in [0.5, 0.6) is 0 Å². The molecule has 0 saturated carbocycles. The number of nitro benzene ring substituents is 1. The number of rotatable bonds is 4. The summed E-state index contributed by atoms with van der Waals surface area (Å²) in [5.74, 6) is 0. The average Bonchev–Trinajstić information content (AvgIpc) is 2.85. The van der Waals surface area contributed by atoms with E-state index in [1.807, 2.05) is 6.07 Å². The van der Waals surface area contributed by atoms with Crippen molar-refractivity contribution in [2.75, 3.05) is 5.32 Å². The van der Waals surface area contributed by atoms with Crippen molar-refractivity contribution in [2.24, 2.45) is 0 Å². The van der Waals surface area contributed by atoms with Gasteiger partial charge < -0.3 is 5.32 Å². The summed E-state index contributed by atoms with van der Waals surface area (Å²) < 4.78 is 0. The Hall–Kier alpha value is -1.88. The molecule has 106 valence electrons. The summed E-state index contributed by atoms with van der Waals surface area (Å²) in [4.78, 5) is 12.9. The zero-order chi connectivity index (χ0) is 14.8. The lowest BCUT2D eigenvalue weighted by atomic mass is 9.95. The number of non-ortho nitro benzene ring substituents is 1. The van der Waals surface area contributed by atoms with Crippen LogP contribution in [-0.2, 0) is 12.0 Å². The van der Waals surface area contributed by atoms with Gasteiger partial charge in [-0.05, 0) is 23.6 Å². The molecule has 1 N–H and O–H groups in total. The molecule has 0 spiro atoms. The summed E-state index contributed by atoms with van der Waals surface area (Å²) in [7, 11) is 0. The van der Waals surface area contributed by atoms with Crippen LogP contribution in [0.2, 0.25) is 0 Å². The number of nitrogens with zero attached hydrogens (tertiary/aromatic N) is 1. The van der Waals surface area contributed by atoms with Crippen LogP contribution in [0.15, 0.2) is 36.4 Å². The van der Waals surface area contributed by atoms with Crippen LogP contribution in [0, 0.1) is 10.1 Å². The number of hydrogen-bond donors (Lipinski definition) is 1. The smallest absolute Gasteiger partial charge is 0.271 e. The molecule has 4 nitrogen and oxygen atoms in total. The first-order chi connectivity index (χ1) is 9.36. The maximum Gasteiger partial charge on any atom is 0.271 e. The van der Waals surface area contributed by atoms with Gasteiger partial charge in [-0.25, -0.2) is 0 Å². The molecule has 0 bridgehead atoms. The Morgan fingerprint density at radius 2 is 2.00 bits per heavy atom. The van der Waals surface area contributed by atoms with Gasteiger partial charge in [0.05, 0.1) is 4.92 Å². The van der Waals surface area contributed by atoms with Gasteiger partial charge in [0.2, 0.25) is 0 Å². The van der Waals surface area contributed by atoms with E-state index in [0.717, 1.165) is 5.69 Å². The molecular formula is C15H18N2O2S. The van der Waals surface area contributed by atoms with Crippen molar-refractivity contribution in [2.45, 2.75) is 32.7 Å². The molecule has 2 rings (SSSR count). The SMILES string of the molecule is CC(C)(C)c1ccc(CNc2cccc([N+](=O)[O-])c2)s1. The van der Waals surface area contributed by atoms with Gasteiger partial charge >= 0.3 is 0 Å². The number of benzene rings is 1. The third kappa shape index (κ3) is 3.57. The minimum atomic E-state index is -0.381. The van der Waals surface area contributed by atoms with Gasteiger partial charge in [-0.3, -0.25) is 10.1 Å². The molecule has 1 aromatic heterocycles. The van der Waals surface area contributed by atoms with E-state index in [-0.39, 0.29) is 16.0 Å². The predicted molar refractivity (Wildman–Crippen MR) is 83.4 cm³/mol. The first-order valence-corrected chi connectivity index (χ1v) is 7.25. The average molecular weight is 290 g/mol. The third-order valence-electron chi connectivity index (χ3n) is 2.92. The quantitative estimate of drug-likeness (QED) is 0.663. The van der Waals surface area contributed by atoms with Crippen molar-refractivity contribution in [1.29, 1.82) is 0 Å². The number of nitro groups is 1. The van der Waals surface area contributed by atoms with E-state index < -0.39 is 0 Å². The highest BCUT2D eigenvalue weighted by Gasteiger charge is 2.15. The summed E-state index contributed by atoms with van der Waals surface area (Å²) in [5.41, 5.74) is 1.04. The lowest BCUT2D eigenvalue weighted by Crippen LogP contribution is -2.07. The van der Waals surface area contributed by atoms with E-state index in [1.54, 1.807) is 23.5 Å². The van der Waals surface area contributed by atoms with Gasteiger partial charge in [0.15, 0.2) is 0 Å². The Balaban J connectivity index is 2.04. The highest BCUT2D eigenvalue weighted by Crippen LogP contribution is 2.30. The normalized spacial score (nSPS) is 11.3. The minimum Gasteiger partial charge on any atom is -0.380 e. The van der Waals surface area contributed by atoms with Crippen molar-refractivity contribution in [3.8, 4) is 0 Å². The summed E-state index contributed by atoms with van der Waals surface area (Å²) in [6, 6.07) is 10.8. The van der Waals surface area contributed by atoms with Crippen LogP contribution in [0.1, 0.15) is 30.5 Å². The molecule has 0 aliphatic rings. The number of hydrogen-bond acceptors (Lipinski definition) is 4. The highest BCUT2D eigenvalue weighted by atomic mass is 32.1. The molecule has 5 heteroatoms. The van der Waals surface area contributed by atoms with E-state index in [9.17, 15) is 10.1 Å². The second kappa shape index (κ2) is 5.63. The van der Waals surface area contributed by atoms with Crippen molar-refractivity contribution < 1.29 is 4.92 Å². The van der Waals surface area contributed by atoms with Crippen LogP contribution in [0.25, 0.3) is 0 Å². The van der Waals surface area contributed by atoms with E-state index in [4.69, 9.17) is 0 Å². The number of nitrogens with one attached hydrogen (secondary N) is 1. The maximum atomic E-state index is 10.7. The molecule has 0 aliphatic carbocycles. The van der Waals surface area contributed by atoms with Crippen LogP contribution in [0.3, 0.4) is 0 Å². The second-order valence-corrected chi connectivity index (χ2v) is 6.85. The minimum absolute atomic E-state index is 0.108. The largest absolute Gasteiger partial charge is 0.380 e. The van der Waals surface area contributed by atoms with E-state index in [2.05, 4.69) is 38.2 Å². The summed E-state index contributed by atoms with van der Waals surface area (Å²) in [6.45, 7) is 7.26. The fourth-order valence-electron chi connectivity index (χ4n) is 1.79. The first kappa shape index (κ1) is 14.5. The molecule has 20 heavy (non-hydrogen) atoms. The Labute approximate surface area is 122 Å². The highest BCUT2D eigenvalue weighted by molar-refractivity contribution is 7.12. The zero-order valence-electron chi connectivity index (χ0n) is 11.8. The lowest BCUT2D eigenvalue weighted by Gasteiger charge is -2.15. The van der Waals surface area contributed by atoms with Gasteiger partial charge in [0.1, 0.15) is 0 Å². The van der Waals surface area contributed by atoms with Crippen LogP contribution < -0.4 is 5.32 Å². The van der Waals surface area contributed by atoms with Crippen LogP contribution >= 0.6 is 11.3 Å². The number of anilines is 1. The van der Waals surface area contributed by atoms with Crippen molar-refractivity contribution in [1.82, 2.24) is 0 Å². The standard InChI is InChI=1S/C15H18N2O2S/c1-15(2,3)14-8-7-13(20-14)10-16-11-5-4-6-12(9-11)17(18)19/h4-9,16H,10H2,1-3H3. The monoisotopic (exact) mass is 290 g/mol. The van der Waals surface area contributed by atoms with Crippen LogP contribution in [0.4, 0.5) is 11.4 Å². The number of thiophene rings is 1. The maximum absolute atomic E-state index is 10.7. The zero-order valence-corrected chi connectivity index (χ0v) is 12.7. The van der Waals surface area contributed by atoms with Gasteiger partial charge in [0, 0.05) is 34.1 Å². The molecule has 0 saturated heterocycles. The van der Waals surface area contributed by atoms with Crippen molar-refractivity contribution in [3.63, 3.8) is 0 Å². The second-order valence-electron chi connectivity index (χ2n) is 5.68. The fourth-order valence-corrected chi connectivity index (χ4v) is 2.80. The molecule has 2 aromatic rings. The van der Waals surface area contributed by atoms with Crippen LogP contribution in [-0.4, -0.2) is 4.92 Å². The van der Waals surface area contributed by atoms with Crippen molar-refractivity contribution >= 4 is 22.7 Å². The van der Waals surface area contributed by atoms with E-state index in [0.29, 0.717) is 6.54 Å². The van der Waals surface area contributed by atoms with Gasteiger partial charge in [-0.2, -0.15) is 0 Å². The topological polar surface area (TPSA) is 55.2 Å². The Kier molecular flexibility index (Phi) is 4.09. The summed E-state index contributed by atoms with van der Waals surface area (Å²) in [6.07, 6.45) is 0.